The Kier molecular flexibility index (Phi) is 2.32. The summed E-state index contributed by atoms with van der Waals surface area (Å²) in [6.45, 7) is 1.74. The molecule has 0 aromatic rings. The van der Waals surface area contributed by atoms with Crippen molar-refractivity contribution in [2.45, 2.75) is 25.7 Å². The SMILES string of the molecule is N#CC(C1CCOCC1)C1CC1. The van der Waals surface area contributed by atoms with Crippen molar-refractivity contribution in [1.29, 1.82) is 5.26 Å². The van der Waals surface area contributed by atoms with Crippen LogP contribution in [0, 0.1) is 29.1 Å². The molecule has 0 spiro atoms. The molecule has 1 saturated heterocycles. The van der Waals surface area contributed by atoms with Gasteiger partial charge in [0.15, 0.2) is 0 Å². The Morgan fingerprint density at radius 3 is 2.17 bits per heavy atom. The third-order valence-electron chi connectivity index (χ3n) is 3.05. The van der Waals surface area contributed by atoms with Gasteiger partial charge in [-0.25, -0.2) is 0 Å². The zero-order valence-corrected chi connectivity index (χ0v) is 7.33. The van der Waals surface area contributed by atoms with Gasteiger partial charge in [-0.2, -0.15) is 5.26 Å². The molecule has 2 fully saturated rings. The third-order valence-corrected chi connectivity index (χ3v) is 3.05. The highest BCUT2D eigenvalue weighted by molar-refractivity contribution is 4.98. The van der Waals surface area contributed by atoms with Crippen molar-refractivity contribution < 1.29 is 4.74 Å². The van der Waals surface area contributed by atoms with Crippen LogP contribution in [0.3, 0.4) is 0 Å². The Morgan fingerprint density at radius 2 is 1.67 bits per heavy atom. The van der Waals surface area contributed by atoms with Crippen LogP contribution in [0.25, 0.3) is 0 Å². The normalized spacial score (nSPS) is 27.9. The number of rotatable bonds is 2. The van der Waals surface area contributed by atoms with E-state index in [1.54, 1.807) is 0 Å². The molecule has 0 bridgehead atoms. The van der Waals surface area contributed by atoms with E-state index in [0.29, 0.717) is 11.8 Å². The second-order valence-corrected chi connectivity index (χ2v) is 3.94. The first-order valence-corrected chi connectivity index (χ1v) is 4.89. The zero-order valence-electron chi connectivity index (χ0n) is 7.33. The molecule has 0 aromatic carbocycles. The van der Waals surface area contributed by atoms with Crippen molar-refractivity contribution in [3.05, 3.63) is 0 Å². The maximum absolute atomic E-state index is 9.00. The molecule has 1 aliphatic heterocycles. The summed E-state index contributed by atoms with van der Waals surface area (Å²) in [4.78, 5) is 0. The van der Waals surface area contributed by atoms with Crippen molar-refractivity contribution in [2.75, 3.05) is 13.2 Å². The predicted molar refractivity (Wildman–Crippen MR) is 45.4 cm³/mol. The molecule has 2 aliphatic rings. The largest absolute Gasteiger partial charge is 0.381 e. The van der Waals surface area contributed by atoms with Crippen molar-refractivity contribution in [2.24, 2.45) is 17.8 Å². The fourth-order valence-corrected chi connectivity index (χ4v) is 2.13. The summed E-state index contributed by atoms with van der Waals surface area (Å²) in [6, 6.07) is 2.48. The lowest BCUT2D eigenvalue weighted by Crippen LogP contribution is -2.23. The average Bonchev–Trinajstić information content (AvgIpc) is 2.92. The van der Waals surface area contributed by atoms with Gasteiger partial charge >= 0.3 is 0 Å². The smallest absolute Gasteiger partial charge is 0.0661 e. The Bertz CT molecular complexity index is 187. The lowest BCUT2D eigenvalue weighted by atomic mass is 9.84. The van der Waals surface area contributed by atoms with Gasteiger partial charge in [0, 0.05) is 13.2 Å². The standard InChI is InChI=1S/C10H15NO/c11-7-10(8-1-2-8)9-3-5-12-6-4-9/h8-10H,1-6H2. The molecule has 1 heterocycles. The van der Waals surface area contributed by atoms with Crippen LogP contribution in [0.15, 0.2) is 0 Å². The molecule has 1 atom stereocenters. The first-order chi connectivity index (χ1) is 5.92. The van der Waals surface area contributed by atoms with E-state index < -0.39 is 0 Å². The number of hydrogen-bond acceptors (Lipinski definition) is 2. The van der Waals surface area contributed by atoms with Crippen molar-refractivity contribution in [1.82, 2.24) is 0 Å². The van der Waals surface area contributed by atoms with Gasteiger partial charge in [-0.3, -0.25) is 0 Å². The van der Waals surface area contributed by atoms with Crippen LogP contribution in [-0.4, -0.2) is 13.2 Å². The van der Waals surface area contributed by atoms with E-state index in [9.17, 15) is 0 Å². The predicted octanol–water partition coefficient (Wildman–Crippen LogP) is 1.96. The second-order valence-electron chi connectivity index (χ2n) is 3.94. The zero-order chi connectivity index (χ0) is 8.39. The Morgan fingerprint density at radius 1 is 1.08 bits per heavy atom. The highest BCUT2D eigenvalue weighted by Gasteiger charge is 2.37. The number of ether oxygens (including phenoxy) is 1. The Hall–Kier alpha value is -0.550. The van der Waals surface area contributed by atoms with Crippen LogP contribution >= 0.6 is 0 Å². The van der Waals surface area contributed by atoms with Crippen LogP contribution in [0.5, 0.6) is 0 Å². The van der Waals surface area contributed by atoms with Gasteiger partial charge in [-0.05, 0) is 37.5 Å². The minimum atomic E-state index is 0.342. The minimum Gasteiger partial charge on any atom is -0.381 e. The molecule has 66 valence electrons. The molecular formula is C10H15NO. The molecule has 2 nitrogen and oxygen atoms in total. The Labute approximate surface area is 73.5 Å². The maximum atomic E-state index is 9.00. The summed E-state index contributed by atoms with van der Waals surface area (Å²) in [5.41, 5.74) is 0. The number of hydrogen-bond donors (Lipinski definition) is 0. The lowest BCUT2D eigenvalue weighted by molar-refractivity contribution is 0.0518. The van der Waals surface area contributed by atoms with Crippen molar-refractivity contribution >= 4 is 0 Å². The van der Waals surface area contributed by atoms with Crippen LogP contribution in [0.2, 0.25) is 0 Å². The Balaban J connectivity index is 1.91. The quantitative estimate of drug-likeness (QED) is 0.626. The van der Waals surface area contributed by atoms with E-state index in [0.717, 1.165) is 32.0 Å². The van der Waals surface area contributed by atoms with Gasteiger partial charge in [-0.1, -0.05) is 0 Å². The first kappa shape index (κ1) is 8.07. The molecule has 12 heavy (non-hydrogen) atoms. The molecule has 1 saturated carbocycles. The maximum Gasteiger partial charge on any atom is 0.0661 e. The summed E-state index contributed by atoms with van der Waals surface area (Å²) in [7, 11) is 0. The number of nitrogens with zero attached hydrogens (tertiary/aromatic N) is 1. The minimum absolute atomic E-state index is 0.342. The lowest BCUT2D eigenvalue weighted by Gasteiger charge is -2.25. The van der Waals surface area contributed by atoms with Crippen LogP contribution in [-0.2, 0) is 4.74 Å². The summed E-state index contributed by atoms with van der Waals surface area (Å²) in [5.74, 6) is 1.71. The topological polar surface area (TPSA) is 33.0 Å². The summed E-state index contributed by atoms with van der Waals surface area (Å²) in [5, 5.41) is 9.00. The molecule has 0 N–H and O–H groups in total. The summed E-state index contributed by atoms with van der Waals surface area (Å²) >= 11 is 0. The molecule has 2 heteroatoms. The summed E-state index contributed by atoms with van der Waals surface area (Å²) < 4.78 is 5.29. The highest BCUT2D eigenvalue weighted by atomic mass is 16.5. The third kappa shape index (κ3) is 1.61. The van der Waals surface area contributed by atoms with Gasteiger partial charge < -0.3 is 4.74 Å². The monoisotopic (exact) mass is 165 g/mol. The fourth-order valence-electron chi connectivity index (χ4n) is 2.13. The van der Waals surface area contributed by atoms with Crippen LogP contribution in [0.4, 0.5) is 0 Å². The molecule has 0 amide bonds. The first-order valence-electron chi connectivity index (χ1n) is 4.89. The van der Waals surface area contributed by atoms with Gasteiger partial charge in [0.1, 0.15) is 0 Å². The van der Waals surface area contributed by atoms with Gasteiger partial charge in [-0.15, -0.1) is 0 Å². The second kappa shape index (κ2) is 3.45. The van der Waals surface area contributed by atoms with Gasteiger partial charge in [0.2, 0.25) is 0 Å². The van der Waals surface area contributed by atoms with E-state index in [2.05, 4.69) is 6.07 Å². The van der Waals surface area contributed by atoms with Crippen molar-refractivity contribution in [3.63, 3.8) is 0 Å². The molecule has 1 unspecified atom stereocenters. The molecule has 1 aliphatic carbocycles. The molecule has 0 aromatic heterocycles. The summed E-state index contributed by atoms with van der Waals surface area (Å²) in [6.07, 6.45) is 4.79. The molecule has 2 rings (SSSR count). The van der Waals surface area contributed by atoms with Gasteiger partial charge in [0.05, 0.1) is 12.0 Å². The molecule has 0 radical (unpaired) electrons. The van der Waals surface area contributed by atoms with Crippen LogP contribution in [0.1, 0.15) is 25.7 Å². The van der Waals surface area contributed by atoms with Crippen LogP contribution < -0.4 is 0 Å². The van der Waals surface area contributed by atoms with Crippen molar-refractivity contribution in [3.8, 4) is 6.07 Å². The van der Waals surface area contributed by atoms with E-state index in [4.69, 9.17) is 10.00 Å². The fraction of sp³-hybridized carbons (Fsp3) is 0.900. The average molecular weight is 165 g/mol. The van der Waals surface area contributed by atoms with E-state index in [1.807, 2.05) is 0 Å². The molecular weight excluding hydrogens is 150 g/mol. The number of nitriles is 1. The highest BCUT2D eigenvalue weighted by Crippen LogP contribution is 2.42. The van der Waals surface area contributed by atoms with E-state index in [1.165, 1.54) is 12.8 Å². The van der Waals surface area contributed by atoms with E-state index in [-0.39, 0.29) is 0 Å². The van der Waals surface area contributed by atoms with E-state index >= 15 is 0 Å². The van der Waals surface area contributed by atoms with Gasteiger partial charge in [0.25, 0.3) is 0 Å².